The Hall–Kier alpha value is -1.34. The Morgan fingerprint density at radius 2 is 1.68 bits per heavy atom. The number of unbranched alkanes of at least 4 members (excludes halogenated alkanes) is 1. The molecular formula is C21H33N. The Morgan fingerprint density at radius 1 is 0.955 bits per heavy atom. The molecule has 1 unspecified atom stereocenters. The molecule has 0 aliphatic rings. The van der Waals surface area contributed by atoms with E-state index in [0.717, 1.165) is 19.0 Å². The minimum absolute atomic E-state index is 0.846. The van der Waals surface area contributed by atoms with Crippen LogP contribution in [0, 0.1) is 5.92 Å². The molecule has 0 saturated carbocycles. The van der Waals surface area contributed by atoms with Gasteiger partial charge in [0.1, 0.15) is 0 Å². The normalized spacial score (nSPS) is 11.8. The molecule has 2 rings (SSSR count). The van der Waals surface area contributed by atoms with Gasteiger partial charge in [0.15, 0.2) is 0 Å². The van der Waals surface area contributed by atoms with Gasteiger partial charge in [-0.2, -0.15) is 0 Å². The molecule has 0 aliphatic heterocycles. The molecule has 0 radical (unpaired) electrons. The Labute approximate surface area is 137 Å². The van der Waals surface area contributed by atoms with Crippen molar-refractivity contribution < 1.29 is 0 Å². The highest BCUT2D eigenvalue weighted by Crippen LogP contribution is 2.15. The van der Waals surface area contributed by atoms with Crippen LogP contribution in [0.3, 0.4) is 0 Å². The first-order valence-corrected chi connectivity index (χ1v) is 8.98. The Balaban J connectivity index is 0.00000116. The predicted octanol–water partition coefficient (Wildman–Crippen LogP) is 6.17. The zero-order chi connectivity index (χ0) is 16.2. The first kappa shape index (κ1) is 18.7. The van der Waals surface area contributed by atoms with E-state index >= 15 is 0 Å². The molecule has 1 atom stereocenters. The second-order valence-corrected chi connectivity index (χ2v) is 5.89. The summed E-state index contributed by atoms with van der Waals surface area (Å²) in [4.78, 5) is 0. The Morgan fingerprint density at radius 3 is 2.41 bits per heavy atom. The lowest BCUT2D eigenvalue weighted by Crippen LogP contribution is -2.17. The van der Waals surface area contributed by atoms with Crippen LogP contribution < -0.4 is 5.32 Å². The van der Waals surface area contributed by atoms with E-state index in [1.165, 1.54) is 42.0 Å². The van der Waals surface area contributed by atoms with Crippen LogP contribution in [0.15, 0.2) is 42.5 Å². The van der Waals surface area contributed by atoms with E-state index < -0.39 is 0 Å². The molecule has 2 aromatic rings. The smallest absolute Gasteiger partial charge is 0.0205 e. The monoisotopic (exact) mass is 299 g/mol. The molecule has 2 aromatic carbocycles. The summed E-state index contributed by atoms with van der Waals surface area (Å²) in [6.07, 6.45) is 5.34. The zero-order valence-electron chi connectivity index (χ0n) is 14.9. The number of fused-ring (bicyclic) bond motifs is 1. The third-order valence-corrected chi connectivity index (χ3v) is 4.01. The molecular weight excluding hydrogens is 266 g/mol. The van der Waals surface area contributed by atoms with Gasteiger partial charge in [-0.15, -0.1) is 0 Å². The van der Waals surface area contributed by atoms with E-state index in [0.29, 0.717) is 0 Å². The molecule has 0 amide bonds. The number of hydrogen-bond acceptors (Lipinski definition) is 1. The summed E-state index contributed by atoms with van der Waals surface area (Å²) in [6.45, 7) is 10.7. The molecule has 0 heterocycles. The van der Waals surface area contributed by atoms with Crippen molar-refractivity contribution in [1.29, 1.82) is 0 Å². The molecule has 1 heteroatoms. The molecule has 122 valence electrons. The van der Waals surface area contributed by atoms with E-state index in [1.807, 2.05) is 13.8 Å². The Kier molecular flexibility index (Phi) is 9.57. The fraction of sp³-hybridized carbons (Fsp3) is 0.524. The van der Waals surface area contributed by atoms with E-state index in [-0.39, 0.29) is 0 Å². The van der Waals surface area contributed by atoms with Crippen molar-refractivity contribution in [2.45, 2.75) is 59.9 Å². The van der Waals surface area contributed by atoms with Gasteiger partial charge in [0.25, 0.3) is 0 Å². The van der Waals surface area contributed by atoms with Crippen molar-refractivity contribution in [3.05, 3.63) is 48.0 Å². The van der Waals surface area contributed by atoms with E-state index in [9.17, 15) is 0 Å². The van der Waals surface area contributed by atoms with Crippen LogP contribution in [-0.4, -0.2) is 6.54 Å². The molecule has 0 aromatic heterocycles. The van der Waals surface area contributed by atoms with Crippen molar-refractivity contribution in [2.75, 3.05) is 6.54 Å². The fourth-order valence-electron chi connectivity index (χ4n) is 2.63. The highest BCUT2D eigenvalue weighted by Gasteiger charge is 2.01. The van der Waals surface area contributed by atoms with Crippen LogP contribution in [0.1, 0.15) is 58.9 Å². The van der Waals surface area contributed by atoms with Crippen LogP contribution in [0.5, 0.6) is 0 Å². The molecule has 1 nitrogen and oxygen atoms in total. The lowest BCUT2D eigenvalue weighted by Gasteiger charge is -2.11. The SMILES string of the molecule is CC.CCCCC(C)CCNCc1ccc2ccccc2c1. The first-order valence-electron chi connectivity index (χ1n) is 8.98. The summed E-state index contributed by atoms with van der Waals surface area (Å²) in [6, 6.07) is 15.3. The van der Waals surface area contributed by atoms with Gasteiger partial charge in [0.05, 0.1) is 0 Å². The van der Waals surface area contributed by atoms with E-state index in [2.05, 4.69) is 61.6 Å². The van der Waals surface area contributed by atoms with Gasteiger partial charge in [0.2, 0.25) is 0 Å². The quantitative estimate of drug-likeness (QED) is 0.574. The van der Waals surface area contributed by atoms with Crippen molar-refractivity contribution in [3.63, 3.8) is 0 Å². The lowest BCUT2D eigenvalue weighted by molar-refractivity contribution is 0.453. The first-order chi connectivity index (χ1) is 10.8. The maximum absolute atomic E-state index is 3.57. The van der Waals surface area contributed by atoms with Gasteiger partial charge in [-0.25, -0.2) is 0 Å². The maximum Gasteiger partial charge on any atom is 0.0205 e. The molecule has 0 fully saturated rings. The lowest BCUT2D eigenvalue weighted by atomic mass is 10.0. The number of benzene rings is 2. The topological polar surface area (TPSA) is 12.0 Å². The average molecular weight is 300 g/mol. The van der Waals surface area contributed by atoms with Gasteiger partial charge < -0.3 is 5.32 Å². The summed E-state index contributed by atoms with van der Waals surface area (Å²) in [5.74, 6) is 0.846. The highest BCUT2D eigenvalue weighted by molar-refractivity contribution is 5.82. The number of rotatable bonds is 8. The summed E-state index contributed by atoms with van der Waals surface area (Å²) in [7, 11) is 0. The van der Waals surface area contributed by atoms with Crippen molar-refractivity contribution in [3.8, 4) is 0 Å². The number of nitrogens with one attached hydrogen (secondary N) is 1. The van der Waals surface area contributed by atoms with Gasteiger partial charge in [-0.1, -0.05) is 83.4 Å². The summed E-state index contributed by atoms with van der Waals surface area (Å²) < 4.78 is 0. The Bertz CT molecular complexity index is 518. The number of hydrogen-bond donors (Lipinski definition) is 1. The van der Waals surface area contributed by atoms with Gasteiger partial charge in [-0.3, -0.25) is 0 Å². The second-order valence-electron chi connectivity index (χ2n) is 5.89. The molecule has 0 spiro atoms. The fourth-order valence-corrected chi connectivity index (χ4v) is 2.63. The molecule has 0 bridgehead atoms. The predicted molar refractivity (Wildman–Crippen MR) is 100 cm³/mol. The second kappa shape index (κ2) is 11.3. The maximum atomic E-state index is 3.57. The summed E-state index contributed by atoms with van der Waals surface area (Å²) in [5.41, 5.74) is 1.38. The standard InChI is InChI=1S/C19H27N.C2H6/c1-3-4-7-16(2)12-13-20-15-17-10-11-18-8-5-6-9-19(18)14-17;1-2/h5-6,8-11,14,16,20H,3-4,7,12-13,15H2,1-2H3;1-2H3. The summed E-state index contributed by atoms with van der Waals surface area (Å²) >= 11 is 0. The van der Waals surface area contributed by atoms with Gasteiger partial charge in [-0.05, 0) is 41.3 Å². The van der Waals surface area contributed by atoms with Crippen LogP contribution in [0.25, 0.3) is 10.8 Å². The largest absolute Gasteiger partial charge is 0.313 e. The van der Waals surface area contributed by atoms with Crippen LogP contribution in [0.2, 0.25) is 0 Å². The molecule has 1 N–H and O–H groups in total. The van der Waals surface area contributed by atoms with E-state index in [4.69, 9.17) is 0 Å². The average Bonchev–Trinajstić information content (AvgIpc) is 2.58. The third kappa shape index (κ3) is 6.62. The van der Waals surface area contributed by atoms with Crippen LogP contribution >= 0.6 is 0 Å². The minimum atomic E-state index is 0.846. The molecule has 0 aliphatic carbocycles. The third-order valence-electron chi connectivity index (χ3n) is 4.01. The van der Waals surface area contributed by atoms with Crippen molar-refractivity contribution >= 4 is 10.8 Å². The van der Waals surface area contributed by atoms with Gasteiger partial charge >= 0.3 is 0 Å². The zero-order valence-corrected chi connectivity index (χ0v) is 14.9. The minimum Gasteiger partial charge on any atom is -0.313 e. The summed E-state index contributed by atoms with van der Waals surface area (Å²) in [5, 5.41) is 6.23. The van der Waals surface area contributed by atoms with Crippen LogP contribution in [-0.2, 0) is 6.54 Å². The highest BCUT2D eigenvalue weighted by atomic mass is 14.8. The van der Waals surface area contributed by atoms with Crippen LogP contribution in [0.4, 0.5) is 0 Å². The van der Waals surface area contributed by atoms with Crippen molar-refractivity contribution in [2.24, 2.45) is 5.92 Å². The molecule has 0 saturated heterocycles. The molecule has 22 heavy (non-hydrogen) atoms. The van der Waals surface area contributed by atoms with E-state index in [1.54, 1.807) is 0 Å². The van der Waals surface area contributed by atoms with Gasteiger partial charge in [0, 0.05) is 6.54 Å². The van der Waals surface area contributed by atoms with Crippen molar-refractivity contribution in [1.82, 2.24) is 5.32 Å².